The summed E-state index contributed by atoms with van der Waals surface area (Å²) >= 11 is 0. The standard InChI is InChI=1S/C22H32N6O2/c1-3-23-21(26-18-11-15-28(16-12-18)22(29)30-4-2)25-14-13-24-20-10-9-17-7-5-6-8-19(17)27-20/h5-10,18H,3-4,11-16H2,1-2H3,(H,24,27)(H2,23,25,26). The lowest BCUT2D eigenvalue weighted by Gasteiger charge is -2.32. The van der Waals surface area contributed by atoms with Crippen molar-refractivity contribution < 1.29 is 9.53 Å². The lowest BCUT2D eigenvalue weighted by molar-refractivity contribution is 0.0963. The van der Waals surface area contributed by atoms with Crippen LogP contribution < -0.4 is 16.0 Å². The van der Waals surface area contributed by atoms with Gasteiger partial charge in [-0.05, 0) is 44.9 Å². The molecule has 1 aromatic heterocycles. The Hall–Kier alpha value is -3.03. The first-order chi connectivity index (χ1) is 14.7. The topological polar surface area (TPSA) is 90.9 Å². The second kappa shape index (κ2) is 11.2. The Morgan fingerprint density at radius 3 is 2.77 bits per heavy atom. The van der Waals surface area contributed by atoms with Gasteiger partial charge in [0.15, 0.2) is 5.96 Å². The van der Waals surface area contributed by atoms with Gasteiger partial charge in [-0.1, -0.05) is 18.2 Å². The van der Waals surface area contributed by atoms with Crippen LogP contribution in [-0.2, 0) is 4.74 Å². The summed E-state index contributed by atoms with van der Waals surface area (Å²) in [7, 11) is 0. The number of carbonyl (C=O) groups is 1. The lowest BCUT2D eigenvalue weighted by atomic mass is 10.1. The van der Waals surface area contributed by atoms with E-state index in [-0.39, 0.29) is 6.09 Å². The predicted octanol–water partition coefficient (Wildman–Crippen LogP) is 2.82. The summed E-state index contributed by atoms with van der Waals surface area (Å²) < 4.78 is 5.08. The van der Waals surface area contributed by atoms with E-state index < -0.39 is 0 Å². The minimum atomic E-state index is -0.218. The molecule has 8 heteroatoms. The zero-order valence-corrected chi connectivity index (χ0v) is 17.9. The highest BCUT2D eigenvalue weighted by Crippen LogP contribution is 2.14. The predicted molar refractivity (Wildman–Crippen MR) is 121 cm³/mol. The number of hydrogen-bond acceptors (Lipinski definition) is 5. The SMILES string of the molecule is CCNC(=NCCNc1ccc2ccccc2n1)NC1CCN(C(=O)OCC)CC1. The maximum Gasteiger partial charge on any atom is 0.409 e. The summed E-state index contributed by atoms with van der Waals surface area (Å²) in [5.74, 6) is 1.66. The van der Waals surface area contributed by atoms with E-state index in [0.29, 0.717) is 38.8 Å². The van der Waals surface area contributed by atoms with Crippen LogP contribution in [0, 0.1) is 0 Å². The van der Waals surface area contributed by atoms with E-state index in [1.807, 2.05) is 31.2 Å². The molecule has 1 amide bonds. The third-order valence-corrected chi connectivity index (χ3v) is 4.99. The first-order valence-corrected chi connectivity index (χ1v) is 10.8. The zero-order chi connectivity index (χ0) is 21.2. The molecular formula is C22H32N6O2. The molecule has 3 rings (SSSR count). The van der Waals surface area contributed by atoms with Crippen molar-refractivity contribution in [2.45, 2.75) is 32.7 Å². The smallest absolute Gasteiger partial charge is 0.409 e. The van der Waals surface area contributed by atoms with E-state index in [9.17, 15) is 4.79 Å². The van der Waals surface area contributed by atoms with Crippen molar-refractivity contribution in [3.05, 3.63) is 36.4 Å². The molecule has 1 aromatic carbocycles. The molecule has 3 N–H and O–H groups in total. The van der Waals surface area contributed by atoms with E-state index in [1.54, 1.807) is 4.90 Å². The minimum Gasteiger partial charge on any atom is -0.450 e. The Morgan fingerprint density at radius 2 is 2.00 bits per heavy atom. The van der Waals surface area contributed by atoms with Crippen LogP contribution in [0.4, 0.5) is 10.6 Å². The van der Waals surface area contributed by atoms with Gasteiger partial charge in [-0.3, -0.25) is 4.99 Å². The largest absolute Gasteiger partial charge is 0.450 e. The molecule has 162 valence electrons. The normalized spacial score (nSPS) is 15.1. The summed E-state index contributed by atoms with van der Waals surface area (Å²) in [6.45, 7) is 7.82. The number of benzene rings is 1. The van der Waals surface area contributed by atoms with E-state index in [2.05, 4.69) is 45.0 Å². The van der Waals surface area contributed by atoms with Crippen molar-refractivity contribution >= 4 is 28.8 Å². The molecule has 0 aliphatic carbocycles. The van der Waals surface area contributed by atoms with Gasteiger partial charge < -0.3 is 25.6 Å². The number of piperidine rings is 1. The summed E-state index contributed by atoms with van der Waals surface area (Å²) in [6, 6.07) is 12.4. The van der Waals surface area contributed by atoms with Crippen molar-refractivity contribution in [2.24, 2.45) is 4.99 Å². The van der Waals surface area contributed by atoms with E-state index >= 15 is 0 Å². The van der Waals surface area contributed by atoms with Crippen molar-refractivity contribution in [1.29, 1.82) is 0 Å². The maximum absolute atomic E-state index is 11.8. The molecule has 0 radical (unpaired) electrons. The van der Waals surface area contributed by atoms with E-state index in [0.717, 1.165) is 42.1 Å². The van der Waals surface area contributed by atoms with Gasteiger partial charge >= 0.3 is 6.09 Å². The van der Waals surface area contributed by atoms with E-state index in [4.69, 9.17) is 4.74 Å². The molecule has 30 heavy (non-hydrogen) atoms. The molecule has 1 fully saturated rings. The number of pyridine rings is 1. The van der Waals surface area contributed by atoms with Gasteiger partial charge in [0.05, 0.1) is 18.7 Å². The van der Waals surface area contributed by atoms with Gasteiger partial charge in [-0.2, -0.15) is 0 Å². The molecule has 2 heterocycles. The van der Waals surface area contributed by atoms with Gasteiger partial charge in [0.2, 0.25) is 0 Å². The molecule has 2 aromatic rings. The molecule has 0 unspecified atom stereocenters. The first-order valence-electron chi connectivity index (χ1n) is 10.8. The minimum absolute atomic E-state index is 0.218. The second-order valence-electron chi connectivity index (χ2n) is 7.18. The molecule has 1 aliphatic heterocycles. The van der Waals surface area contributed by atoms with Gasteiger partial charge in [-0.15, -0.1) is 0 Å². The Balaban J connectivity index is 1.45. The number of carbonyl (C=O) groups excluding carboxylic acids is 1. The number of amides is 1. The fraction of sp³-hybridized carbons (Fsp3) is 0.500. The average molecular weight is 413 g/mol. The molecule has 0 bridgehead atoms. The number of nitrogens with zero attached hydrogens (tertiary/aromatic N) is 3. The highest BCUT2D eigenvalue weighted by atomic mass is 16.6. The Bertz CT molecular complexity index is 848. The number of ether oxygens (including phenoxy) is 1. The fourth-order valence-electron chi connectivity index (χ4n) is 3.45. The Kier molecular flexibility index (Phi) is 8.11. The number of anilines is 1. The number of aromatic nitrogens is 1. The van der Waals surface area contributed by atoms with Crippen LogP contribution >= 0.6 is 0 Å². The quantitative estimate of drug-likeness (QED) is 0.368. The van der Waals surface area contributed by atoms with Crippen LogP contribution in [0.3, 0.4) is 0 Å². The summed E-state index contributed by atoms with van der Waals surface area (Å²) in [5.41, 5.74) is 0.982. The molecule has 1 saturated heterocycles. The van der Waals surface area contributed by atoms with Crippen LogP contribution in [0.5, 0.6) is 0 Å². The van der Waals surface area contributed by atoms with Crippen molar-refractivity contribution in [3.8, 4) is 0 Å². The highest BCUT2D eigenvalue weighted by Gasteiger charge is 2.23. The van der Waals surface area contributed by atoms with Crippen molar-refractivity contribution in [2.75, 3.05) is 44.6 Å². The van der Waals surface area contributed by atoms with Gasteiger partial charge in [0.1, 0.15) is 5.82 Å². The number of likely N-dealkylation sites (tertiary alicyclic amines) is 1. The Morgan fingerprint density at radius 1 is 1.20 bits per heavy atom. The monoisotopic (exact) mass is 412 g/mol. The van der Waals surface area contributed by atoms with E-state index in [1.165, 1.54) is 0 Å². The number of aliphatic imine (C=N–C) groups is 1. The number of guanidine groups is 1. The number of fused-ring (bicyclic) bond motifs is 1. The van der Waals surface area contributed by atoms with Crippen LogP contribution in [0.25, 0.3) is 10.9 Å². The molecular weight excluding hydrogens is 380 g/mol. The third kappa shape index (κ3) is 6.23. The lowest BCUT2D eigenvalue weighted by Crippen LogP contribution is -2.50. The molecule has 1 aliphatic rings. The second-order valence-corrected chi connectivity index (χ2v) is 7.18. The number of hydrogen-bond donors (Lipinski definition) is 3. The van der Waals surface area contributed by atoms with Crippen LogP contribution in [-0.4, -0.2) is 67.3 Å². The Labute approximate surface area is 178 Å². The summed E-state index contributed by atoms with van der Waals surface area (Å²) in [4.78, 5) is 22.9. The summed E-state index contributed by atoms with van der Waals surface area (Å²) in [5, 5.41) is 11.3. The number of para-hydroxylation sites is 1. The van der Waals surface area contributed by atoms with Crippen LogP contribution in [0.1, 0.15) is 26.7 Å². The molecule has 8 nitrogen and oxygen atoms in total. The maximum atomic E-state index is 11.8. The first kappa shape index (κ1) is 21.7. The zero-order valence-electron chi connectivity index (χ0n) is 17.9. The van der Waals surface area contributed by atoms with Crippen molar-refractivity contribution in [3.63, 3.8) is 0 Å². The average Bonchev–Trinajstić information content (AvgIpc) is 2.77. The molecule has 0 saturated carbocycles. The van der Waals surface area contributed by atoms with Gasteiger partial charge in [0.25, 0.3) is 0 Å². The highest BCUT2D eigenvalue weighted by molar-refractivity contribution is 5.80. The number of nitrogens with one attached hydrogen (secondary N) is 3. The van der Waals surface area contributed by atoms with Gasteiger partial charge in [0, 0.05) is 37.6 Å². The third-order valence-electron chi connectivity index (χ3n) is 4.99. The summed E-state index contributed by atoms with van der Waals surface area (Å²) in [6.07, 6.45) is 1.54. The molecule has 0 atom stereocenters. The van der Waals surface area contributed by atoms with Crippen molar-refractivity contribution in [1.82, 2.24) is 20.5 Å². The molecule has 0 spiro atoms. The number of rotatable bonds is 7. The van der Waals surface area contributed by atoms with Crippen LogP contribution in [0.15, 0.2) is 41.4 Å². The fourth-order valence-corrected chi connectivity index (χ4v) is 3.45. The van der Waals surface area contributed by atoms with Gasteiger partial charge in [-0.25, -0.2) is 9.78 Å². The van der Waals surface area contributed by atoms with Crippen LogP contribution in [0.2, 0.25) is 0 Å².